The van der Waals surface area contributed by atoms with E-state index in [4.69, 9.17) is 4.74 Å². The first-order chi connectivity index (χ1) is 10.3. The molecular weight excluding hydrogens is 284 g/mol. The van der Waals surface area contributed by atoms with Crippen molar-refractivity contribution >= 4 is 33.3 Å². The van der Waals surface area contributed by atoms with Crippen LogP contribution in [0.1, 0.15) is 32.6 Å². The van der Waals surface area contributed by atoms with Gasteiger partial charge in [0.25, 0.3) is 0 Å². The number of rotatable bonds is 10. The van der Waals surface area contributed by atoms with E-state index in [1.54, 1.807) is 18.4 Å². The first-order valence-corrected chi connectivity index (χ1v) is 8.45. The van der Waals surface area contributed by atoms with E-state index in [1.165, 1.54) is 6.42 Å². The van der Waals surface area contributed by atoms with E-state index >= 15 is 0 Å². The molecule has 0 aliphatic carbocycles. The number of aromatic nitrogens is 2. The van der Waals surface area contributed by atoms with Gasteiger partial charge in [0, 0.05) is 26.8 Å². The molecule has 0 unspecified atom stereocenters. The number of nitrogens with one attached hydrogen (secondary N) is 2. The zero-order chi connectivity index (χ0) is 14.9. The molecule has 2 heterocycles. The lowest BCUT2D eigenvalue weighted by Gasteiger charge is -2.09. The van der Waals surface area contributed by atoms with Gasteiger partial charge in [-0.3, -0.25) is 0 Å². The Labute approximate surface area is 130 Å². The molecule has 0 bridgehead atoms. The lowest BCUT2D eigenvalue weighted by atomic mass is 10.2. The Morgan fingerprint density at radius 1 is 1.14 bits per heavy atom. The first kappa shape index (κ1) is 16.0. The molecule has 116 valence electrons. The molecule has 2 N–H and O–H groups in total. The Balaban J connectivity index is 1.95. The molecule has 2 rings (SSSR count). The molecule has 2 aromatic heterocycles. The molecule has 0 aromatic carbocycles. The summed E-state index contributed by atoms with van der Waals surface area (Å²) in [6.07, 6.45) is 4.46. The average Bonchev–Trinajstić information content (AvgIpc) is 2.97. The molecule has 5 nitrogen and oxygen atoms in total. The molecule has 0 aliphatic heterocycles. The molecule has 2 aromatic rings. The van der Waals surface area contributed by atoms with Crippen molar-refractivity contribution in [3.63, 3.8) is 0 Å². The van der Waals surface area contributed by atoms with Gasteiger partial charge in [0.15, 0.2) is 0 Å². The third-order valence-corrected chi connectivity index (χ3v) is 3.98. The van der Waals surface area contributed by atoms with E-state index in [0.717, 1.165) is 55.0 Å². The minimum atomic E-state index is 0.716. The molecule has 0 saturated heterocycles. The molecule has 21 heavy (non-hydrogen) atoms. The highest BCUT2D eigenvalue weighted by atomic mass is 32.1. The van der Waals surface area contributed by atoms with Gasteiger partial charge in [-0.15, -0.1) is 11.3 Å². The van der Waals surface area contributed by atoms with Crippen LogP contribution in [0.4, 0.5) is 11.8 Å². The molecule has 6 heteroatoms. The Hall–Kier alpha value is -1.40. The van der Waals surface area contributed by atoms with E-state index in [0.29, 0.717) is 5.95 Å². The van der Waals surface area contributed by atoms with E-state index < -0.39 is 0 Å². The summed E-state index contributed by atoms with van der Waals surface area (Å²) < 4.78 is 5.06. The van der Waals surface area contributed by atoms with Crippen molar-refractivity contribution in [3.05, 3.63) is 11.4 Å². The third kappa shape index (κ3) is 4.82. The van der Waals surface area contributed by atoms with Crippen LogP contribution >= 0.6 is 11.3 Å². The Morgan fingerprint density at radius 2 is 2.05 bits per heavy atom. The van der Waals surface area contributed by atoms with E-state index in [1.807, 2.05) is 0 Å². The van der Waals surface area contributed by atoms with Crippen LogP contribution in [0.2, 0.25) is 0 Å². The monoisotopic (exact) mass is 308 g/mol. The molecule has 0 aliphatic rings. The van der Waals surface area contributed by atoms with Gasteiger partial charge in [0.05, 0.1) is 5.39 Å². The molecular formula is C15H24N4OS. The number of hydrogen-bond donors (Lipinski definition) is 2. The molecule has 0 fully saturated rings. The van der Waals surface area contributed by atoms with Crippen molar-refractivity contribution in [1.29, 1.82) is 0 Å². The minimum Gasteiger partial charge on any atom is -0.385 e. The number of fused-ring (bicyclic) bond motifs is 1. The fourth-order valence-electron chi connectivity index (χ4n) is 2.06. The number of ether oxygens (including phenoxy) is 1. The number of nitrogens with zero attached hydrogens (tertiary/aromatic N) is 2. The summed E-state index contributed by atoms with van der Waals surface area (Å²) >= 11 is 1.65. The zero-order valence-corrected chi connectivity index (χ0v) is 13.6. The van der Waals surface area contributed by atoms with Gasteiger partial charge < -0.3 is 15.4 Å². The van der Waals surface area contributed by atoms with Gasteiger partial charge in [-0.05, 0) is 37.1 Å². The van der Waals surface area contributed by atoms with Crippen LogP contribution in [0.25, 0.3) is 10.2 Å². The number of methoxy groups -OCH3 is 1. The van der Waals surface area contributed by atoms with Gasteiger partial charge in [-0.1, -0.05) is 6.92 Å². The Kier molecular flexibility index (Phi) is 6.69. The van der Waals surface area contributed by atoms with Gasteiger partial charge in [-0.2, -0.15) is 4.98 Å². The van der Waals surface area contributed by atoms with Gasteiger partial charge in [0.2, 0.25) is 5.95 Å². The summed E-state index contributed by atoms with van der Waals surface area (Å²) in [7, 11) is 1.75. The third-order valence-electron chi connectivity index (χ3n) is 3.18. The second-order valence-corrected chi connectivity index (χ2v) is 5.84. The number of hydrogen-bond acceptors (Lipinski definition) is 6. The molecule has 0 saturated carbocycles. The predicted octanol–water partition coefficient (Wildman–Crippen LogP) is 3.74. The van der Waals surface area contributed by atoms with Gasteiger partial charge >= 0.3 is 0 Å². The van der Waals surface area contributed by atoms with Crippen LogP contribution in [0.15, 0.2) is 11.4 Å². The van der Waals surface area contributed by atoms with Crippen LogP contribution in [0.3, 0.4) is 0 Å². The maximum absolute atomic E-state index is 5.06. The quantitative estimate of drug-likeness (QED) is 0.655. The van der Waals surface area contributed by atoms with Crippen LogP contribution < -0.4 is 10.6 Å². The van der Waals surface area contributed by atoms with E-state index in [9.17, 15) is 0 Å². The zero-order valence-electron chi connectivity index (χ0n) is 12.8. The summed E-state index contributed by atoms with van der Waals surface area (Å²) in [5, 5.41) is 9.88. The number of thiophene rings is 1. The van der Waals surface area contributed by atoms with Crippen LogP contribution in [-0.2, 0) is 4.74 Å². The fourth-order valence-corrected chi connectivity index (χ4v) is 2.82. The lowest BCUT2D eigenvalue weighted by Crippen LogP contribution is -2.08. The van der Waals surface area contributed by atoms with Crippen LogP contribution in [-0.4, -0.2) is 36.8 Å². The van der Waals surface area contributed by atoms with Crippen molar-refractivity contribution < 1.29 is 4.74 Å². The molecule has 0 spiro atoms. The van der Waals surface area contributed by atoms with Crippen LogP contribution in [0, 0.1) is 0 Å². The Bertz CT molecular complexity index is 543. The highest BCUT2D eigenvalue weighted by molar-refractivity contribution is 7.16. The summed E-state index contributed by atoms with van der Waals surface area (Å²) in [5.41, 5.74) is 0. The van der Waals surface area contributed by atoms with Crippen molar-refractivity contribution in [3.8, 4) is 0 Å². The summed E-state index contributed by atoms with van der Waals surface area (Å²) in [5.74, 6) is 1.65. The van der Waals surface area contributed by atoms with Gasteiger partial charge in [-0.25, -0.2) is 4.98 Å². The normalized spacial score (nSPS) is 11.0. The highest BCUT2D eigenvalue weighted by Gasteiger charge is 2.08. The number of unbranched alkanes of at least 4 members (excludes halogenated alkanes) is 2. The predicted molar refractivity (Wildman–Crippen MR) is 90.4 cm³/mol. The van der Waals surface area contributed by atoms with E-state index in [2.05, 4.69) is 39.0 Å². The summed E-state index contributed by atoms with van der Waals surface area (Å²) in [6, 6.07) is 2.08. The Morgan fingerprint density at radius 3 is 2.86 bits per heavy atom. The van der Waals surface area contributed by atoms with Crippen molar-refractivity contribution in [2.24, 2.45) is 0 Å². The van der Waals surface area contributed by atoms with Gasteiger partial charge in [0.1, 0.15) is 10.6 Å². The summed E-state index contributed by atoms with van der Waals surface area (Å²) in [6.45, 7) is 4.80. The first-order valence-electron chi connectivity index (χ1n) is 7.57. The van der Waals surface area contributed by atoms with Crippen molar-refractivity contribution in [2.45, 2.75) is 32.6 Å². The standard InChI is InChI=1S/C15H24N4OS/c1-3-8-17-15-18-13(12-7-11-21-14(12)19-15)16-9-5-4-6-10-20-2/h7,11H,3-6,8-10H2,1-2H3,(H2,16,17,18,19). The minimum absolute atomic E-state index is 0.716. The van der Waals surface area contributed by atoms with Crippen molar-refractivity contribution in [1.82, 2.24) is 9.97 Å². The second-order valence-electron chi connectivity index (χ2n) is 4.94. The van der Waals surface area contributed by atoms with Crippen molar-refractivity contribution in [2.75, 3.05) is 37.4 Å². The average molecular weight is 308 g/mol. The SMILES string of the molecule is CCCNc1nc(NCCCCCOC)c2ccsc2n1. The van der Waals surface area contributed by atoms with Crippen LogP contribution in [0.5, 0.6) is 0 Å². The molecule has 0 amide bonds. The second kappa shape index (κ2) is 8.79. The molecule has 0 radical (unpaired) electrons. The van der Waals surface area contributed by atoms with E-state index in [-0.39, 0.29) is 0 Å². The maximum atomic E-state index is 5.06. The largest absolute Gasteiger partial charge is 0.385 e. The highest BCUT2D eigenvalue weighted by Crippen LogP contribution is 2.26. The smallest absolute Gasteiger partial charge is 0.226 e. The number of anilines is 2. The topological polar surface area (TPSA) is 59.1 Å². The lowest BCUT2D eigenvalue weighted by molar-refractivity contribution is 0.192. The maximum Gasteiger partial charge on any atom is 0.226 e. The summed E-state index contributed by atoms with van der Waals surface area (Å²) in [4.78, 5) is 10.2. The fraction of sp³-hybridized carbons (Fsp3) is 0.600. The molecule has 0 atom stereocenters.